The molecule has 0 bridgehead atoms. The van der Waals surface area contributed by atoms with Crippen LogP contribution in [0.2, 0.25) is 0 Å². The molecule has 0 saturated heterocycles. The Balaban J connectivity index is 2.15. The molecule has 0 atom stereocenters. The molecule has 7 heteroatoms. The number of halogens is 1. The van der Waals surface area contributed by atoms with Gasteiger partial charge in [-0.25, -0.2) is 13.7 Å². The van der Waals surface area contributed by atoms with Gasteiger partial charge >= 0.3 is 5.97 Å². The summed E-state index contributed by atoms with van der Waals surface area (Å²) in [6.07, 6.45) is -0.247. The van der Waals surface area contributed by atoms with E-state index < -0.39 is 5.97 Å². The first-order valence-corrected chi connectivity index (χ1v) is 7.58. The molecule has 0 amide bonds. The number of aromatic nitrogens is 4. The number of esters is 1. The van der Waals surface area contributed by atoms with Gasteiger partial charge in [-0.15, -0.1) is 10.2 Å². The molecule has 6 nitrogen and oxygen atoms in total. The van der Waals surface area contributed by atoms with E-state index >= 15 is 0 Å². The van der Waals surface area contributed by atoms with Crippen molar-refractivity contribution in [3.63, 3.8) is 0 Å². The Hall–Kier alpha value is -2.83. The zero-order valence-electron chi connectivity index (χ0n) is 13.9. The van der Waals surface area contributed by atoms with Crippen LogP contribution in [0.3, 0.4) is 0 Å². The minimum absolute atomic E-state index is 0.129. The highest BCUT2D eigenvalue weighted by atomic mass is 19.1. The summed E-state index contributed by atoms with van der Waals surface area (Å²) >= 11 is 0. The summed E-state index contributed by atoms with van der Waals surface area (Å²) in [6.45, 7) is 7.10. The maximum atomic E-state index is 13.2. The monoisotopic (exact) mass is 328 g/mol. The summed E-state index contributed by atoms with van der Waals surface area (Å²) in [6, 6.07) is 6.09. The summed E-state index contributed by atoms with van der Waals surface area (Å²) in [5, 5.41) is 12.6. The van der Waals surface area contributed by atoms with E-state index in [-0.39, 0.29) is 17.6 Å². The number of nitrogens with zero attached hydrogens (tertiary/aromatic N) is 4. The summed E-state index contributed by atoms with van der Waals surface area (Å²) in [7, 11) is 0. The van der Waals surface area contributed by atoms with E-state index in [0.717, 1.165) is 11.1 Å². The Bertz CT molecular complexity index is 916. The number of aryl methyl sites for hydroxylation is 2. The van der Waals surface area contributed by atoms with Crippen LogP contribution < -0.4 is 0 Å². The molecule has 0 N–H and O–H groups in total. The zero-order valence-corrected chi connectivity index (χ0v) is 13.9. The lowest BCUT2D eigenvalue weighted by Gasteiger charge is -2.09. The predicted molar refractivity (Wildman–Crippen MR) is 86.2 cm³/mol. The molecule has 0 aliphatic heterocycles. The second kappa shape index (κ2) is 5.99. The Labute approximate surface area is 138 Å². The lowest BCUT2D eigenvalue weighted by molar-refractivity contribution is 0.0367. The van der Waals surface area contributed by atoms with Crippen LogP contribution in [0, 0.1) is 19.7 Å². The van der Waals surface area contributed by atoms with Gasteiger partial charge in [-0.1, -0.05) is 12.1 Å². The molecule has 0 saturated carbocycles. The highest BCUT2D eigenvalue weighted by molar-refractivity contribution is 5.89. The third-order valence-electron chi connectivity index (χ3n) is 3.61. The van der Waals surface area contributed by atoms with Gasteiger partial charge in [0.05, 0.1) is 23.1 Å². The van der Waals surface area contributed by atoms with Crippen LogP contribution >= 0.6 is 0 Å². The number of ether oxygens (including phenoxy) is 1. The molecule has 0 fully saturated rings. The SMILES string of the molecule is Cc1nn2c(C)c(C(=O)OC(C)C)nnc2c1-c1ccc(F)cc1. The average Bonchev–Trinajstić information content (AvgIpc) is 2.85. The number of rotatable bonds is 3. The van der Waals surface area contributed by atoms with Gasteiger partial charge in [0.15, 0.2) is 11.3 Å². The van der Waals surface area contributed by atoms with Gasteiger partial charge < -0.3 is 4.74 Å². The second-order valence-corrected chi connectivity index (χ2v) is 5.79. The van der Waals surface area contributed by atoms with Crippen LogP contribution in [0.15, 0.2) is 24.3 Å². The summed E-state index contributed by atoms with van der Waals surface area (Å²) in [4.78, 5) is 12.1. The van der Waals surface area contributed by atoms with E-state index in [1.807, 2.05) is 6.92 Å². The van der Waals surface area contributed by atoms with Gasteiger partial charge in [0.1, 0.15) is 5.82 Å². The highest BCUT2D eigenvalue weighted by Crippen LogP contribution is 2.27. The molecule has 0 radical (unpaired) electrons. The van der Waals surface area contributed by atoms with Crippen molar-refractivity contribution in [2.24, 2.45) is 0 Å². The fourth-order valence-electron chi connectivity index (χ4n) is 2.52. The molecule has 2 aromatic heterocycles. The number of hydrogen-bond donors (Lipinski definition) is 0. The molecule has 0 unspecified atom stereocenters. The van der Waals surface area contributed by atoms with Crippen molar-refractivity contribution < 1.29 is 13.9 Å². The zero-order chi connectivity index (χ0) is 17.4. The molecule has 2 heterocycles. The molecular weight excluding hydrogens is 311 g/mol. The van der Waals surface area contributed by atoms with Crippen molar-refractivity contribution in [1.82, 2.24) is 19.8 Å². The van der Waals surface area contributed by atoms with Gasteiger partial charge in [-0.3, -0.25) is 0 Å². The lowest BCUT2D eigenvalue weighted by atomic mass is 10.1. The summed E-state index contributed by atoms with van der Waals surface area (Å²) < 4.78 is 19.9. The van der Waals surface area contributed by atoms with E-state index in [1.165, 1.54) is 12.1 Å². The van der Waals surface area contributed by atoms with Crippen LogP contribution in [0.25, 0.3) is 16.8 Å². The summed E-state index contributed by atoms with van der Waals surface area (Å²) in [5.74, 6) is -0.845. The van der Waals surface area contributed by atoms with Gasteiger partial charge in [0.25, 0.3) is 0 Å². The van der Waals surface area contributed by atoms with Crippen molar-refractivity contribution in [2.45, 2.75) is 33.8 Å². The maximum absolute atomic E-state index is 13.2. The molecule has 3 aromatic rings. The number of carbonyl (C=O) groups is 1. The van der Waals surface area contributed by atoms with Gasteiger partial charge in [0.2, 0.25) is 0 Å². The van der Waals surface area contributed by atoms with Gasteiger partial charge in [0, 0.05) is 0 Å². The van der Waals surface area contributed by atoms with E-state index in [2.05, 4.69) is 15.3 Å². The first kappa shape index (κ1) is 16.0. The first-order chi connectivity index (χ1) is 11.4. The van der Waals surface area contributed by atoms with Crippen LogP contribution in [-0.2, 0) is 4.74 Å². The predicted octanol–water partition coefficient (Wildman–Crippen LogP) is 3.11. The normalized spacial score (nSPS) is 11.2. The molecular formula is C17H17FN4O2. The smallest absolute Gasteiger partial charge is 0.361 e. The first-order valence-electron chi connectivity index (χ1n) is 7.58. The van der Waals surface area contributed by atoms with E-state index in [9.17, 15) is 9.18 Å². The van der Waals surface area contributed by atoms with Crippen LogP contribution in [0.1, 0.15) is 35.7 Å². The van der Waals surface area contributed by atoms with Gasteiger partial charge in [-0.05, 0) is 45.4 Å². The number of hydrogen-bond acceptors (Lipinski definition) is 5. The highest BCUT2D eigenvalue weighted by Gasteiger charge is 2.21. The minimum atomic E-state index is -0.534. The number of benzene rings is 1. The van der Waals surface area contributed by atoms with Crippen molar-refractivity contribution in [2.75, 3.05) is 0 Å². The Kier molecular flexibility index (Phi) is 4.01. The molecule has 1 aromatic carbocycles. The number of fused-ring (bicyclic) bond motifs is 1. The van der Waals surface area contributed by atoms with Crippen molar-refractivity contribution >= 4 is 11.6 Å². The van der Waals surface area contributed by atoms with E-state index in [1.54, 1.807) is 37.4 Å². The van der Waals surface area contributed by atoms with Crippen molar-refractivity contribution in [3.05, 3.63) is 47.2 Å². The van der Waals surface area contributed by atoms with E-state index in [4.69, 9.17) is 4.74 Å². The number of carbonyl (C=O) groups excluding carboxylic acids is 1. The molecule has 3 rings (SSSR count). The molecule has 0 aliphatic rings. The maximum Gasteiger partial charge on any atom is 0.361 e. The largest absolute Gasteiger partial charge is 0.458 e. The molecule has 24 heavy (non-hydrogen) atoms. The second-order valence-electron chi connectivity index (χ2n) is 5.79. The quantitative estimate of drug-likeness (QED) is 0.691. The average molecular weight is 328 g/mol. The lowest BCUT2D eigenvalue weighted by Crippen LogP contribution is -2.17. The van der Waals surface area contributed by atoms with Crippen molar-refractivity contribution in [1.29, 1.82) is 0 Å². The van der Waals surface area contributed by atoms with Crippen LogP contribution in [0.4, 0.5) is 4.39 Å². The summed E-state index contributed by atoms with van der Waals surface area (Å²) in [5.41, 5.74) is 3.45. The Morgan fingerprint density at radius 1 is 1.17 bits per heavy atom. The van der Waals surface area contributed by atoms with E-state index in [0.29, 0.717) is 17.0 Å². The Morgan fingerprint density at radius 3 is 2.46 bits per heavy atom. The topological polar surface area (TPSA) is 69.4 Å². The van der Waals surface area contributed by atoms with Crippen LogP contribution in [0.5, 0.6) is 0 Å². The fraction of sp³-hybridized carbons (Fsp3) is 0.294. The van der Waals surface area contributed by atoms with Crippen molar-refractivity contribution in [3.8, 4) is 11.1 Å². The molecule has 0 spiro atoms. The van der Waals surface area contributed by atoms with Crippen LogP contribution in [-0.4, -0.2) is 31.9 Å². The minimum Gasteiger partial charge on any atom is -0.458 e. The van der Waals surface area contributed by atoms with Gasteiger partial charge in [-0.2, -0.15) is 5.10 Å². The third kappa shape index (κ3) is 2.73. The Morgan fingerprint density at radius 2 is 1.83 bits per heavy atom. The molecule has 0 aliphatic carbocycles. The third-order valence-corrected chi connectivity index (χ3v) is 3.61. The standard InChI is InChI=1S/C17H17FN4O2/c1-9(2)24-17(23)15-11(4)22-16(20-19-15)14(10(3)21-22)12-5-7-13(18)8-6-12/h5-9H,1-4H3. The fourth-order valence-corrected chi connectivity index (χ4v) is 2.52. The molecule has 124 valence electrons.